The molecule has 1 aromatic rings. The third kappa shape index (κ3) is 2.18. The van der Waals surface area contributed by atoms with Crippen LogP contribution in [0, 0.1) is 11.3 Å². The van der Waals surface area contributed by atoms with Gasteiger partial charge < -0.3 is 4.98 Å². The molecule has 86 valence electrons. The van der Waals surface area contributed by atoms with Crippen molar-refractivity contribution in [3.63, 3.8) is 0 Å². The molecule has 1 heterocycles. The number of hydrogen-bond acceptors (Lipinski definition) is 2. The van der Waals surface area contributed by atoms with Crippen LogP contribution in [0.15, 0.2) is 10.9 Å². The maximum atomic E-state index is 12.3. The van der Waals surface area contributed by atoms with Crippen molar-refractivity contribution in [1.29, 1.82) is 5.26 Å². The SMILES string of the molecule is N#Cc1[nH]c(=O)c(C(F)F)cc1C(F)(F)F. The van der Waals surface area contributed by atoms with Crippen molar-refractivity contribution in [1.82, 2.24) is 4.98 Å². The molecule has 0 aliphatic rings. The van der Waals surface area contributed by atoms with Gasteiger partial charge in [-0.1, -0.05) is 0 Å². The molecule has 0 saturated carbocycles. The highest BCUT2D eigenvalue weighted by Gasteiger charge is 2.35. The van der Waals surface area contributed by atoms with Crippen LogP contribution in [-0.4, -0.2) is 4.98 Å². The van der Waals surface area contributed by atoms with Gasteiger partial charge in [0.25, 0.3) is 12.0 Å². The Kier molecular flexibility index (Phi) is 2.98. The van der Waals surface area contributed by atoms with E-state index >= 15 is 0 Å². The lowest BCUT2D eigenvalue weighted by molar-refractivity contribution is -0.138. The Labute approximate surface area is 85.1 Å². The average Bonchev–Trinajstić information content (AvgIpc) is 2.14. The molecule has 1 rings (SSSR count). The average molecular weight is 238 g/mol. The Bertz CT molecular complexity index is 497. The monoisotopic (exact) mass is 238 g/mol. The first kappa shape index (κ1) is 12.2. The van der Waals surface area contributed by atoms with Gasteiger partial charge in [-0.05, 0) is 6.07 Å². The van der Waals surface area contributed by atoms with Gasteiger partial charge in [0.05, 0.1) is 11.1 Å². The molecule has 8 heteroatoms. The van der Waals surface area contributed by atoms with Gasteiger partial charge in [-0.2, -0.15) is 18.4 Å². The van der Waals surface area contributed by atoms with Crippen LogP contribution < -0.4 is 5.56 Å². The zero-order valence-corrected chi connectivity index (χ0v) is 7.40. The number of halogens is 5. The van der Waals surface area contributed by atoms with Crippen LogP contribution in [-0.2, 0) is 6.18 Å². The van der Waals surface area contributed by atoms with Crippen LogP contribution in [0.4, 0.5) is 22.0 Å². The molecule has 0 fully saturated rings. The van der Waals surface area contributed by atoms with E-state index < -0.39 is 35.0 Å². The Balaban J connectivity index is 3.55. The Morgan fingerprint density at radius 3 is 2.31 bits per heavy atom. The normalized spacial score (nSPS) is 11.6. The van der Waals surface area contributed by atoms with E-state index in [0.29, 0.717) is 0 Å². The third-order valence-electron chi connectivity index (χ3n) is 1.72. The third-order valence-corrected chi connectivity index (χ3v) is 1.72. The Morgan fingerprint density at radius 2 is 1.94 bits per heavy atom. The van der Waals surface area contributed by atoms with Crippen molar-refractivity contribution in [2.75, 3.05) is 0 Å². The highest BCUT2D eigenvalue weighted by Crippen LogP contribution is 2.32. The number of nitrogens with zero attached hydrogens (tertiary/aromatic N) is 1. The van der Waals surface area contributed by atoms with E-state index in [1.165, 1.54) is 4.98 Å². The minimum atomic E-state index is -4.97. The summed E-state index contributed by atoms with van der Waals surface area (Å²) in [6, 6.07) is 1.08. The van der Waals surface area contributed by atoms with Crippen molar-refractivity contribution < 1.29 is 22.0 Å². The Hall–Kier alpha value is -1.91. The largest absolute Gasteiger partial charge is 0.419 e. The highest BCUT2D eigenvalue weighted by atomic mass is 19.4. The van der Waals surface area contributed by atoms with Crippen LogP contribution >= 0.6 is 0 Å². The summed E-state index contributed by atoms with van der Waals surface area (Å²) in [5.74, 6) is 0. The molecule has 0 saturated heterocycles. The maximum absolute atomic E-state index is 12.3. The maximum Gasteiger partial charge on any atom is 0.419 e. The van der Waals surface area contributed by atoms with E-state index in [-0.39, 0.29) is 6.07 Å². The summed E-state index contributed by atoms with van der Waals surface area (Å²) >= 11 is 0. The van der Waals surface area contributed by atoms with Gasteiger partial charge in [-0.3, -0.25) is 4.79 Å². The van der Waals surface area contributed by atoms with Gasteiger partial charge in [-0.25, -0.2) is 8.78 Å². The molecule has 1 N–H and O–H groups in total. The Morgan fingerprint density at radius 1 is 1.38 bits per heavy atom. The fourth-order valence-electron chi connectivity index (χ4n) is 1.02. The summed E-state index contributed by atoms with van der Waals surface area (Å²) in [5.41, 5.74) is -5.38. The van der Waals surface area contributed by atoms with Gasteiger partial charge in [-0.15, -0.1) is 0 Å². The number of aromatic nitrogens is 1. The molecular formula is C8H3F5N2O. The summed E-state index contributed by atoms with van der Waals surface area (Å²) in [6.07, 6.45) is -8.31. The molecule has 0 aliphatic carbocycles. The number of nitriles is 1. The number of hydrogen-bond donors (Lipinski definition) is 1. The second kappa shape index (κ2) is 3.92. The lowest BCUT2D eigenvalue weighted by Crippen LogP contribution is -2.20. The number of alkyl halides is 5. The smallest absolute Gasteiger partial charge is 0.313 e. The van der Waals surface area contributed by atoms with Gasteiger partial charge in [0.2, 0.25) is 0 Å². The van der Waals surface area contributed by atoms with Gasteiger partial charge in [0, 0.05) is 0 Å². The first-order valence-electron chi connectivity index (χ1n) is 3.80. The predicted octanol–water partition coefficient (Wildman–Crippen LogP) is 2.20. The summed E-state index contributed by atoms with van der Waals surface area (Å²) < 4.78 is 61.2. The molecule has 16 heavy (non-hydrogen) atoms. The van der Waals surface area contributed by atoms with Gasteiger partial charge in [0.15, 0.2) is 0 Å². The van der Waals surface area contributed by atoms with Crippen molar-refractivity contribution in [3.8, 4) is 6.07 Å². The van der Waals surface area contributed by atoms with E-state index in [1.54, 1.807) is 0 Å². The van der Waals surface area contributed by atoms with Crippen LogP contribution in [0.25, 0.3) is 0 Å². The summed E-state index contributed by atoms with van der Waals surface area (Å²) in [5, 5.41) is 8.33. The van der Waals surface area contributed by atoms with E-state index in [4.69, 9.17) is 5.26 Å². The lowest BCUT2D eigenvalue weighted by atomic mass is 10.1. The minimum absolute atomic E-state index is 0.0119. The van der Waals surface area contributed by atoms with Crippen molar-refractivity contribution >= 4 is 0 Å². The van der Waals surface area contributed by atoms with Crippen LogP contribution in [0.3, 0.4) is 0 Å². The summed E-state index contributed by atoms with van der Waals surface area (Å²) in [6.45, 7) is 0. The first-order chi connectivity index (χ1) is 7.27. The number of aromatic amines is 1. The molecule has 1 aromatic heterocycles. The zero-order chi connectivity index (χ0) is 12.5. The molecule has 3 nitrogen and oxygen atoms in total. The second-order valence-corrected chi connectivity index (χ2v) is 2.75. The second-order valence-electron chi connectivity index (χ2n) is 2.75. The minimum Gasteiger partial charge on any atom is -0.313 e. The molecule has 0 atom stereocenters. The summed E-state index contributed by atoms with van der Waals surface area (Å²) in [4.78, 5) is 12.3. The van der Waals surface area contributed by atoms with Gasteiger partial charge in [0.1, 0.15) is 11.8 Å². The van der Waals surface area contributed by atoms with Crippen molar-refractivity contribution in [2.24, 2.45) is 0 Å². The zero-order valence-electron chi connectivity index (χ0n) is 7.40. The molecule has 0 unspecified atom stereocenters. The molecule has 0 bridgehead atoms. The number of pyridine rings is 1. The number of nitrogens with one attached hydrogen (secondary N) is 1. The fraction of sp³-hybridized carbons (Fsp3) is 0.250. The molecule has 0 aromatic carbocycles. The predicted molar refractivity (Wildman–Crippen MR) is 41.7 cm³/mol. The molecule has 0 radical (unpaired) electrons. The number of rotatable bonds is 1. The van der Waals surface area contributed by atoms with Crippen LogP contribution in [0.2, 0.25) is 0 Å². The highest BCUT2D eigenvalue weighted by molar-refractivity contribution is 5.36. The molecule has 0 spiro atoms. The molecule has 0 aliphatic heterocycles. The van der Waals surface area contributed by atoms with Crippen molar-refractivity contribution in [2.45, 2.75) is 12.6 Å². The van der Waals surface area contributed by atoms with E-state index in [1.807, 2.05) is 0 Å². The topological polar surface area (TPSA) is 56.6 Å². The fourth-order valence-corrected chi connectivity index (χ4v) is 1.02. The number of H-pyrrole nitrogens is 1. The van der Waals surface area contributed by atoms with Crippen molar-refractivity contribution in [3.05, 3.63) is 33.2 Å². The van der Waals surface area contributed by atoms with Gasteiger partial charge >= 0.3 is 6.18 Å². The van der Waals surface area contributed by atoms with E-state index in [2.05, 4.69) is 0 Å². The van der Waals surface area contributed by atoms with E-state index in [0.717, 1.165) is 6.07 Å². The standard InChI is InChI=1S/C8H3F5N2O/c9-6(10)3-1-4(8(11,12)13)5(2-14)15-7(3)16/h1,6H,(H,15,16). The molecule has 0 amide bonds. The van der Waals surface area contributed by atoms with E-state index in [9.17, 15) is 26.7 Å². The van der Waals surface area contributed by atoms with Crippen LogP contribution in [0.1, 0.15) is 23.2 Å². The first-order valence-corrected chi connectivity index (χ1v) is 3.80. The molecular weight excluding hydrogens is 235 g/mol. The lowest BCUT2D eigenvalue weighted by Gasteiger charge is -2.09. The quantitative estimate of drug-likeness (QED) is 0.762. The van der Waals surface area contributed by atoms with Crippen LogP contribution in [0.5, 0.6) is 0 Å². The summed E-state index contributed by atoms with van der Waals surface area (Å²) in [7, 11) is 0.